The van der Waals surface area contributed by atoms with Crippen molar-refractivity contribution in [3.05, 3.63) is 57.4 Å². The molecule has 0 aliphatic heterocycles. The van der Waals surface area contributed by atoms with Crippen LogP contribution in [0.25, 0.3) is 11.1 Å². The highest BCUT2D eigenvalue weighted by molar-refractivity contribution is 5.75. The molecule has 3 nitrogen and oxygen atoms in total. The first kappa shape index (κ1) is 21.0. The summed E-state index contributed by atoms with van der Waals surface area (Å²) < 4.78 is 49.1. The van der Waals surface area contributed by atoms with Gasteiger partial charge >= 0.3 is 5.97 Å². The lowest BCUT2D eigenvalue weighted by Crippen LogP contribution is -2.21. The number of carbonyl (C=O) groups is 1. The highest BCUT2D eigenvalue weighted by atomic mass is 19.1. The van der Waals surface area contributed by atoms with Gasteiger partial charge in [0.15, 0.2) is 0 Å². The summed E-state index contributed by atoms with van der Waals surface area (Å²) in [6.07, 6.45) is -0.356. The van der Waals surface area contributed by atoms with Crippen molar-refractivity contribution in [2.45, 2.75) is 47.1 Å². The Balaban J connectivity index is 2.67. The predicted molar refractivity (Wildman–Crippen MR) is 98.9 cm³/mol. The third-order valence-corrected chi connectivity index (χ3v) is 4.63. The van der Waals surface area contributed by atoms with E-state index in [1.165, 1.54) is 13.0 Å². The molecule has 2 aromatic rings. The molecule has 0 amide bonds. The normalized spacial score (nSPS) is 12.2. The van der Waals surface area contributed by atoms with E-state index in [9.17, 15) is 13.6 Å². The van der Waals surface area contributed by atoms with Crippen LogP contribution in [0, 0.1) is 45.1 Å². The molecule has 0 aliphatic rings. The molecule has 0 heterocycles. The van der Waals surface area contributed by atoms with Crippen molar-refractivity contribution in [3.8, 4) is 11.1 Å². The van der Waals surface area contributed by atoms with Gasteiger partial charge in [0.25, 0.3) is 0 Å². The van der Waals surface area contributed by atoms with Crippen molar-refractivity contribution < 1.29 is 22.7 Å². The number of hydrogen-bond donors (Lipinski definition) is 1. The van der Waals surface area contributed by atoms with Gasteiger partial charge in [-0.2, -0.15) is 0 Å². The van der Waals surface area contributed by atoms with Crippen molar-refractivity contribution in [2.75, 3.05) is 6.61 Å². The molecule has 0 fully saturated rings. The fourth-order valence-electron chi connectivity index (χ4n) is 3.38. The fraction of sp³-hybridized carbons (Fsp3) is 0.381. The van der Waals surface area contributed by atoms with Gasteiger partial charge in [0, 0.05) is 17.2 Å². The van der Waals surface area contributed by atoms with Crippen molar-refractivity contribution in [3.63, 3.8) is 0 Å². The van der Waals surface area contributed by atoms with Crippen LogP contribution in [-0.2, 0) is 9.53 Å². The number of ether oxygens (including phenoxy) is 1. The van der Waals surface area contributed by atoms with Gasteiger partial charge in [-0.05, 0) is 68.5 Å². The van der Waals surface area contributed by atoms with Crippen LogP contribution in [0.4, 0.5) is 13.2 Å². The van der Waals surface area contributed by atoms with E-state index in [2.05, 4.69) is 0 Å². The maximum absolute atomic E-state index is 15.3. The molecule has 0 radical (unpaired) electrons. The standard InChI is InChI=1S/C21H24F3NO2/c1-6-27-16(26)9-15(25)18-20(23)12(4)8-14(21(18)24)17-10(2)7-11(3)19(22)13(17)5/h7-8,15H,6,9,25H2,1-5H3/t15-/m0/s1. The van der Waals surface area contributed by atoms with Gasteiger partial charge < -0.3 is 10.5 Å². The molecule has 0 saturated carbocycles. The molecule has 1 atom stereocenters. The quantitative estimate of drug-likeness (QED) is 0.747. The van der Waals surface area contributed by atoms with Gasteiger partial charge in [-0.25, -0.2) is 13.2 Å². The van der Waals surface area contributed by atoms with Crippen LogP contribution in [-0.4, -0.2) is 12.6 Å². The summed E-state index contributed by atoms with van der Waals surface area (Å²) in [5, 5.41) is 0. The zero-order chi connectivity index (χ0) is 20.5. The minimum absolute atomic E-state index is 0.0668. The van der Waals surface area contributed by atoms with E-state index < -0.39 is 35.0 Å². The Morgan fingerprint density at radius 1 is 1.00 bits per heavy atom. The third-order valence-electron chi connectivity index (χ3n) is 4.63. The van der Waals surface area contributed by atoms with Gasteiger partial charge in [0.2, 0.25) is 0 Å². The number of carbonyl (C=O) groups excluding carboxylic acids is 1. The van der Waals surface area contributed by atoms with E-state index in [1.54, 1.807) is 33.8 Å². The molecule has 0 aliphatic carbocycles. The number of hydrogen-bond acceptors (Lipinski definition) is 3. The van der Waals surface area contributed by atoms with Crippen LogP contribution in [0.5, 0.6) is 0 Å². The van der Waals surface area contributed by atoms with Crippen molar-refractivity contribution in [2.24, 2.45) is 5.73 Å². The molecule has 2 rings (SSSR count). The summed E-state index contributed by atoms with van der Waals surface area (Å²) in [7, 11) is 0. The second-order valence-corrected chi connectivity index (χ2v) is 6.72. The maximum atomic E-state index is 15.3. The minimum atomic E-state index is -1.21. The Morgan fingerprint density at radius 3 is 2.19 bits per heavy atom. The van der Waals surface area contributed by atoms with Crippen molar-refractivity contribution in [1.29, 1.82) is 0 Å². The second-order valence-electron chi connectivity index (χ2n) is 6.72. The zero-order valence-electron chi connectivity index (χ0n) is 16.2. The summed E-state index contributed by atoms with van der Waals surface area (Å²) in [5.41, 5.74) is 7.52. The lowest BCUT2D eigenvalue weighted by molar-refractivity contribution is -0.143. The number of nitrogens with two attached hydrogens (primary N) is 1. The number of halogens is 3. The SMILES string of the molecule is CCOC(=O)C[C@H](N)c1c(F)c(C)cc(-c2c(C)cc(C)c(F)c2C)c1F. The highest BCUT2D eigenvalue weighted by Crippen LogP contribution is 2.37. The number of rotatable bonds is 5. The average molecular weight is 379 g/mol. The van der Waals surface area contributed by atoms with Crippen molar-refractivity contribution >= 4 is 5.97 Å². The van der Waals surface area contributed by atoms with Crippen LogP contribution >= 0.6 is 0 Å². The van der Waals surface area contributed by atoms with E-state index in [4.69, 9.17) is 10.5 Å². The van der Waals surface area contributed by atoms with Crippen LogP contribution in [0.15, 0.2) is 12.1 Å². The first-order valence-electron chi connectivity index (χ1n) is 8.76. The minimum Gasteiger partial charge on any atom is -0.466 e. The molecule has 0 aromatic heterocycles. The summed E-state index contributed by atoms with van der Waals surface area (Å²) in [6, 6.07) is 1.75. The van der Waals surface area contributed by atoms with Gasteiger partial charge in [0.05, 0.1) is 13.0 Å². The molecule has 0 bridgehead atoms. The molecule has 0 spiro atoms. The Labute approximate surface area is 157 Å². The number of esters is 1. The van der Waals surface area contributed by atoms with Crippen LogP contribution in [0.1, 0.15) is 47.2 Å². The maximum Gasteiger partial charge on any atom is 0.307 e. The van der Waals surface area contributed by atoms with Crippen LogP contribution < -0.4 is 5.73 Å². The van der Waals surface area contributed by atoms with E-state index in [0.717, 1.165) is 0 Å². The molecule has 2 aromatic carbocycles. The smallest absolute Gasteiger partial charge is 0.307 e. The zero-order valence-corrected chi connectivity index (χ0v) is 16.2. The monoisotopic (exact) mass is 379 g/mol. The van der Waals surface area contributed by atoms with Gasteiger partial charge in [-0.3, -0.25) is 4.79 Å². The first-order chi connectivity index (χ1) is 12.6. The molecular formula is C21H24F3NO2. The van der Waals surface area contributed by atoms with Crippen LogP contribution in [0.2, 0.25) is 0 Å². The molecule has 0 unspecified atom stereocenters. The summed E-state index contributed by atoms with van der Waals surface area (Å²) >= 11 is 0. The van der Waals surface area contributed by atoms with Crippen molar-refractivity contribution in [1.82, 2.24) is 0 Å². The fourth-order valence-corrected chi connectivity index (χ4v) is 3.38. The Hall–Kier alpha value is -2.34. The summed E-state index contributed by atoms with van der Waals surface area (Å²) in [6.45, 7) is 8.19. The van der Waals surface area contributed by atoms with Gasteiger partial charge in [-0.15, -0.1) is 0 Å². The molecule has 146 valence electrons. The van der Waals surface area contributed by atoms with E-state index in [0.29, 0.717) is 16.7 Å². The largest absolute Gasteiger partial charge is 0.466 e. The van der Waals surface area contributed by atoms with Crippen LogP contribution in [0.3, 0.4) is 0 Å². The Morgan fingerprint density at radius 2 is 1.59 bits per heavy atom. The number of aryl methyl sites for hydroxylation is 3. The lowest BCUT2D eigenvalue weighted by Gasteiger charge is -2.20. The lowest BCUT2D eigenvalue weighted by atomic mass is 9.89. The third kappa shape index (κ3) is 4.00. The first-order valence-corrected chi connectivity index (χ1v) is 8.76. The Bertz CT molecular complexity index is 894. The average Bonchev–Trinajstić information content (AvgIpc) is 2.57. The van der Waals surface area contributed by atoms with E-state index in [-0.39, 0.29) is 29.7 Å². The molecule has 6 heteroatoms. The molecule has 2 N–H and O–H groups in total. The molecular weight excluding hydrogens is 355 g/mol. The number of benzene rings is 2. The van der Waals surface area contributed by atoms with Gasteiger partial charge in [-0.1, -0.05) is 6.07 Å². The van der Waals surface area contributed by atoms with Gasteiger partial charge in [0.1, 0.15) is 17.5 Å². The summed E-state index contributed by atoms with van der Waals surface area (Å²) in [4.78, 5) is 11.7. The molecule has 0 saturated heterocycles. The van der Waals surface area contributed by atoms with E-state index >= 15 is 4.39 Å². The Kier molecular flexibility index (Phi) is 6.31. The van der Waals surface area contributed by atoms with E-state index in [1.807, 2.05) is 0 Å². The second kappa shape index (κ2) is 8.13. The highest BCUT2D eigenvalue weighted by Gasteiger charge is 2.26. The topological polar surface area (TPSA) is 52.3 Å². The summed E-state index contributed by atoms with van der Waals surface area (Å²) in [5.74, 6) is -2.77. The molecule has 27 heavy (non-hydrogen) atoms. The predicted octanol–water partition coefficient (Wildman–Crippen LogP) is 4.96.